The van der Waals surface area contributed by atoms with Crippen molar-refractivity contribution in [2.45, 2.75) is 39.7 Å². The van der Waals surface area contributed by atoms with Crippen LogP contribution in [0.2, 0.25) is 0 Å². The lowest BCUT2D eigenvalue weighted by atomic mass is 9.82. The zero-order valence-electron chi connectivity index (χ0n) is 8.33. The predicted molar refractivity (Wildman–Crippen MR) is 49.3 cm³/mol. The van der Waals surface area contributed by atoms with Gasteiger partial charge < -0.3 is 10.8 Å². The summed E-state index contributed by atoms with van der Waals surface area (Å²) in [5, 5.41) is 8.49. The van der Waals surface area contributed by atoms with Gasteiger partial charge in [-0.15, -0.1) is 0 Å². The van der Waals surface area contributed by atoms with E-state index in [0.29, 0.717) is 6.42 Å². The highest BCUT2D eigenvalue weighted by molar-refractivity contribution is 5.89. The summed E-state index contributed by atoms with van der Waals surface area (Å²) in [5.41, 5.74) is 4.78. The Kier molecular flexibility index (Phi) is 4.07. The number of carboxylic acids is 1. The van der Waals surface area contributed by atoms with Crippen LogP contribution in [-0.2, 0) is 9.59 Å². The number of rotatable bonds is 5. The first kappa shape index (κ1) is 12.1. The number of carbonyl (C=O) groups excluding carboxylic acids is 1. The van der Waals surface area contributed by atoms with Gasteiger partial charge >= 0.3 is 5.97 Å². The van der Waals surface area contributed by atoms with Crippen molar-refractivity contribution in [3.8, 4) is 0 Å². The van der Waals surface area contributed by atoms with Crippen LogP contribution in [0.25, 0.3) is 0 Å². The number of ketones is 1. The van der Waals surface area contributed by atoms with Crippen molar-refractivity contribution in [1.29, 1.82) is 0 Å². The SMILES string of the molecule is CCC(C)(C)C(=O)C[C@@H](N)C(=O)O. The zero-order valence-corrected chi connectivity index (χ0v) is 8.33. The Hall–Kier alpha value is -0.900. The van der Waals surface area contributed by atoms with E-state index in [1.807, 2.05) is 6.92 Å². The fourth-order valence-corrected chi connectivity index (χ4v) is 0.761. The van der Waals surface area contributed by atoms with Gasteiger partial charge in [-0.25, -0.2) is 0 Å². The second-order valence-corrected chi connectivity index (χ2v) is 3.81. The van der Waals surface area contributed by atoms with E-state index >= 15 is 0 Å². The third-order valence-corrected chi connectivity index (χ3v) is 2.36. The van der Waals surface area contributed by atoms with Crippen LogP contribution in [0.3, 0.4) is 0 Å². The lowest BCUT2D eigenvalue weighted by Crippen LogP contribution is -2.36. The Morgan fingerprint density at radius 3 is 2.23 bits per heavy atom. The van der Waals surface area contributed by atoms with Gasteiger partial charge in [-0.1, -0.05) is 20.8 Å². The average Bonchev–Trinajstić information content (AvgIpc) is 2.04. The molecule has 1 atom stereocenters. The average molecular weight is 187 g/mol. The summed E-state index contributed by atoms with van der Waals surface area (Å²) in [6.45, 7) is 5.48. The molecule has 0 heterocycles. The van der Waals surface area contributed by atoms with Crippen LogP contribution in [0.5, 0.6) is 0 Å². The highest BCUT2D eigenvalue weighted by Gasteiger charge is 2.28. The Morgan fingerprint density at radius 2 is 1.92 bits per heavy atom. The van der Waals surface area contributed by atoms with Gasteiger partial charge in [-0.3, -0.25) is 9.59 Å². The Labute approximate surface area is 78.1 Å². The Balaban J connectivity index is 4.23. The number of nitrogens with two attached hydrogens (primary N) is 1. The molecule has 13 heavy (non-hydrogen) atoms. The fraction of sp³-hybridized carbons (Fsp3) is 0.778. The van der Waals surface area contributed by atoms with E-state index in [2.05, 4.69) is 0 Å². The summed E-state index contributed by atoms with van der Waals surface area (Å²) in [4.78, 5) is 21.8. The van der Waals surface area contributed by atoms with E-state index in [0.717, 1.165) is 0 Å². The molecule has 0 aliphatic rings. The molecule has 0 saturated heterocycles. The van der Waals surface area contributed by atoms with Gasteiger partial charge in [-0.05, 0) is 6.42 Å². The standard InChI is InChI=1S/C9H17NO3/c1-4-9(2,3)7(11)5-6(10)8(12)13/h6H,4-5,10H2,1-3H3,(H,12,13)/t6-/m1/s1. The molecule has 0 unspecified atom stereocenters. The van der Waals surface area contributed by atoms with Gasteiger partial charge in [0.15, 0.2) is 0 Å². The van der Waals surface area contributed by atoms with Gasteiger partial charge in [-0.2, -0.15) is 0 Å². The van der Waals surface area contributed by atoms with Crippen LogP contribution in [-0.4, -0.2) is 22.9 Å². The van der Waals surface area contributed by atoms with Crippen molar-refractivity contribution in [3.05, 3.63) is 0 Å². The molecule has 0 bridgehead atoms. The maximum absolute atomic E-state index is 11.5. The molecular formula is C9H17NO3. The first-order chi connectivity index (χ1) is 5.81. The van der Waals surface area contributed by atoms with Gasteiger partial charge in [0.2, 0.25) is 0 Å². The van der Waals surface area contributed by atoms with Gasteiger partial charge in [0.25, 0.3) is 0 Å². The highest BCUT2D eigenvalue weighted by atomic mass is 16.4. The summed E-state index contributed by atoms with van der Waals surface area (Å²) in [6.07, 6.45) is 0.606. The van der Waals surface area contributed by atoms with E-state index in [9.17, 15) is 9.59 Å². The minimum atomic E-state index is -1.12. The van der Waals surface area contributed by atoms with Crippen LogP contribution in [0.15, 0.2) is 0 Å². The Morgan fingerprint density at radius 1 is 1.46 bits per heavy atom. The van der Waals surface area contributed by atoms with Crippen molar-refractivity contribution in [2.24, 2.45) is 11.1 Å². The Bertz CT molecular complexity index is 211. The van der Waals surface area contributed by atoms with Crippen molar-refractivity contribution in [3.63, 3.8) is 0 Å². The van der Waals surface area contributed by atoms with Crippen LogP contribution in [0.4, 0.5) is 0 Å². The maximum atomic E-state index is 11.5. The van der Waals surface area contributed by atoms with Crippen molar-refractivity contribution < 1.29 is 14.7 Å². The van der Waals surface area contributed by atoms with E-state index in [-0.39, 0.29) is 12.2 Å². The zero-order chi connectivity index (χ0) is 10.6. The van der Waals surface area contributed by atoms with E-state index < -0.39 is 17.4 Å². The van der Waals surface area contributed by atoms with E-state index in [1.165, 1.54) is 0 Å². The topological polar surface area (TPSA) is 80.4 Å². The number of aliphatic carboxylic acids is 1. The van der Waals surface area contributed by atoms with Crippen molar-refractivity contribution >= 4 is 11.8 Å². The molecule has 0 radical (unpaired) electrons. The molecule has 4 heteroatoms. The molecule has 76 valence electrons. The van der Waals surface area contributed by atoms with Crippen molar-refractivity contribution in [1.82, 2.24) is 0 Å². The molecule has 4 nitrogen and oxygen atoms in total. The molecular weight excluding hydrogens is 170 g/mol. The summed E-state index contributed by atoms with van der Waals surface area (Å²) in [6, 6.07) is -1.07. The number of carboxylic acid groups (broad SMARTS) is 1. The summed E-state index contributed by atoms with van der Waals surface area (Å²) < 4.78 is 0. The molecule has 0 fully saturated rings. The number of hydrogen-bond acceptors (Lipinski definition) is 3. The predicted octanol–water partition coefficient (Wildman–Crippen LogP) is 0.794. The molecule has 0 saturated carbocycles. The molecule has 3 N–H and O–H groups in total. The van der Waals surface area contributed by atoms with Gasteiger partial charge in [0.05, 0.1) is 0 Å². The molecule has 0 aromatic heterocycles. The number of Topliss-reactive ketones (excluding diaryl/α,β-unsaturated/α-hetero) is 1. The first-order valence-electron chi connectivity index (χ1n) is 4.33. The normalized spacial score (nSPS) is 13.8. The van der Waals surface area contributed by atoms with Gasteiger partial charge in [0.1, 0.15) is 11.8 Å². The molecule has 0 aromatic carbocycles. The van der Waals surface area contributed by atoms with Crippen LogP contribution in [0, 0.1) is 5.41 Å². The summed E-state index contributed by atoms with van der Waals surface area (Å²) in [5.74, 6) is -1.22. The second kappa shape index (κ2) is 4.37. The number of hydrogen-bond donors (Lipinski definition) is 2. The molecule has 0 spiro atoms. The maximum Gasteiger partial charge on any atom is 0.320 e. The third kappa shape index (κ3) is 3.55. The number of carbonyl (C=O) groups is 2. The van der Waals surface area contributed by atoms with Gasteiger partial charge in [0, 0.05) is 11.8 Å². The van der Waals surface area contributed by atoms with Crippen molar-refractivity contribution in [2.75, 3.05) is 0 Å². The summed E-state index contributed by atoms with van der Waals surface area (Å²) in [7, 11) is 0. The van der Waals surface area contributed by atoms with Crippen LogP contribution < -0.4 is 5.73 Å². The second-order valence-electron chi connectivity index (χ2n) is 3.81. The minimum Gasteiger partial charge on any atom is -0.480 e. The molecule has 0 aliphatic heterocycles. The van der Waals surface area contributed by atoms with E-state index in [1.54, 1.807) is 13.8 Å². The molecule has 0 aromatic rings. The fourth-order valence-electron chi connectivity index (χ4n) is 0.761. The first-order valence-corrected chi connectivity index (χ1v) is 4.33. The van der Waals surface area contributed by atoms with Crippen LogP contribution in [0.1, 0.15) is 33.6 Å². The quantitative estimate of drug-likeness (QED) is 0.667. The molecule has 0 aliphatic carbocycles. The van der Waals surface area contributed by atoms with Crippen LogP contribution >= 0.6 is 0 Å². The lowest BCUT2D eigenvalue weighted by molar-refractivity contribution is -0.141. The molecule has 0 rings (SSSR count). The van der Waals surface area contributed by atoms with E-state index in [4.69, 9.17) is 10.8 Å². The highest BCUT2D eigenvalue weighted by Crippen LogP contribution is 2.22. The molecule has 0 amide bonds. The third-order valence-electron chi connectivity index (χ3n) is 2.36. The largest absolute Gasteiger partial charge is 0.480 e. The lowest BCUT2D eigenvalue weighted by Gasteiger charge is -2.21. The monoisotopic (exact) mass is 187 g/mol. The smallest absolute Gasteiger partial charge is 0.320 e. The minimum absolute atomic E-state index is 0.0871. The summed E-state index contributed by atoms with van der Waals surface area (Å²) >= 11 is 0.